The number of carboxylic acids is 1. The Bertz CT molecular complexity index is 367. The molecule has 6 heteroatoms. The number of piperidine rings is 1. The molecule has 2 heterocycles. The van der Waals surface area contributed by atoms with Gasteiger partial charge in [-0.2, -0.15) is 0 Å². The third kappa shape index (κ3) is 4.88. The molecule has 0 aliphatic carbocycles. The minimum atomic E-state index is -0.733. The zero-order valence-corrected chi connectivity index (χ0v) is 12.7. The molecule has 2 fully saturated rings. The molecule has 0 radical (unpaired) electrons. The van der Waals surface area contributed by atoms with Gasteiger partial charge in [0.1, 0.15) is 0 Å². The van der Waals surface area contributed by atoms with E-state index in [1.807, 2.05) is 4.90 Å². The normalized spacial score (nSPS) is 26.8. The van der Waals surface area contributed by atoms with Crippen LogP contribution in [0.1, 0.15) is 39.0 Å². The second kappa shape index (κ2) is 7.64. The van der Waals surface area contributed by atoms with Crippen molar-refractivity contribution in [1.29, 1.82) is 0 Å². The van der Waals surface area contributed by atoms with Gasteiger partial charge in [0.25, 0.3) is 0 Å². The Hall–Kier alpha value is -1.30. The molecule has 0 spiro atoms. The van der Waals surface area contributed by atoms with Gasteiger partial charge in [0.15, 0.2) is 0 Å². The molecule has 2 aliphatic heterocycles. The smallest absolute Gasteiger partial charge is 0.317 e. The second-order valence-corrected chi connectivity index (χ2v) is 6.17. The van der Waals surface area contributed by atoms with Crippen molar-refractivity contribution in [3.05, 3.63) is 0 Å². The van der Waals surface area contributed by atoms with Crippen LogP contribution < -0.4 is 5.32 Å². The van der Waals surface area contributed by atoms with E-state index < -0.39 is 5.97 Å². The van der Waals surface area contributed by atoms with Gasteiger partial charge in [-0.3, -0.25) is 4.79 Å². The van der Waals surface area contributed by atoms with Crippen molar-refractivity contribution in [2.45, 2.75) is 45.1 Å². The van der Waals surface area contributed by atoms with Crippen molar-refractivity contribution < 1.29 is 19.4 Å². The molecule has 2 atom stereocenters. The monoisotopic (exact) mass is 298 g/mol. The zero-order valence-electron chi connectivity index (χ0n) is 12.7. The first kappa shape index (κ1) is 16.1. The number of aliphatic carboxylic acids is 1. The minimum Gasteiger partial charge on any atom is -0.481 e. The zero-order chi connectivity index (χ0) is 15.2. The third-order valence-corrected chi connectivity index (χ3v) is 4.72. The summed E-state index contributed by atoms with van der Waals surface area (Å²) in [7, 11) is 0. The van der Waals surface area contributed by atoms with Gasteiger partial charge in [0.2, 0.25) is 0 Å². The van der Waals surface area contributed by atoms with Crippen LogP contribution in [0.5, 0.6) is 0 Å². The summed E-state index contributed by atoms with van der Waals surface area (Å²) in [6.45, 7) is 4.98. The first-order valence-electron chi connectivity index (χ1n) is 7.92. The number of urea groups is 1. The van der Waals surface area contributed by atoms with E-state index in [0.717, 1.165) is 45.4 Å². The van der Waals surface area contributed by atoms with E-state index in [9.17, 15) is 9.59 Å². The number of ether oxygens (including phenoxy) is 1. The number of hydrogen-bond acceptors (Lipinski definition) is 3. The summed E-state index contributed by atoms with van der Waals surface area (Å²) in [5.41, 5.74) is 0. The molecular weight excluding hydrogens is 272 g/mol. The van der Waals surface area contributed by atoms with Gasteiger partial charge in [0.05, 0.1) is 6.10 Å². The van der Waals surface area contributed by atoms with Crippen molar-refractivity contribution in [1.82, 2.24) is 10.2 Å². The molecule has 0 saturated carbocycles. The Labute approximate surface area is 125 Å². The molecule has 0 aromatic carbocycles. The molecule has 21 heavy (non-hydrogen) atoms. The van der Waals surface area contributed by atoms with Crippen molar-refractivity contribution in [3.63, 3.8) is 0 Å². The van der Waals surface area contributed by atoms with E-state index >= 15 is 0 Å². The number of carbonyl (C=O) groups excluding carboxylic acids is 1. The van der Waals surface area contributed by atoms with Crippen LogP contribution in [0.15, 0.2) is 0 Å². The van der Waals surface area contributed by atoms with E-state index in [-0.39, 0.29) is 18.6 Å². The van der Waals surface area contributed by atoms with Crippen LogP contribution in [0.2, 0.25) is 0 Å². The van der Waals surface area contributed by atoms with Crippen LogP contribution >= 0.6 is 0 Å². The summed E-state index contributed by atoms with van der Waals surface area (Å²) < 4.78 is 5.49. The molecule has 120 valence electrons. The van der Waals surface area contributed by atoms with Gasteiger partial charge in [0, 0.05) is 38.6 Å². The Morgan fingerprint density at radius 2 is 2.00 bits per heavy atom. The average Bonchev–Trinajstić information content (AvgIpc) is 2.88. The van der Waals surface area contributed by atoms with Crippen molar-refractivity contribution in [2.75, 3.05) is 26.2 Å². The molecule has 2 unspecified atom stereocenters. The van der Waals surface area contributed by atoms with Crippen LogP contribution in [0.25, 0.3) is 0 Å². The topological polar surface area (TPSA) is 78.9 Å². The van der Waals surface area contributed by atoms with Crippen LogP contribution in [0.4, 0.5) is 4.79 Å². The maximum Gasteiger partial charge on any atom is 0.317 e. The predicted molar refractivity (Wildman–Crippen MR) is 78.1 cm³/mol. The SMILES string of the molecule is CC1OCCC1CNC(=O)N1CCC(CCC(=O)O)CC1. The van der Waals surface area contributed by atoms with Crippen LogP contribution in [-0.4, -0.2) is 54.4 Å². The van der Waals surface area contributed by atoms with Gasteiger partial charge in [-0.05, 0) is 38.5 Å². The maximum absolute atomic E-state index is 12.1. The summed E-state index contributed by atoms with van der Waals surface area (Å²) in [5.74, 6) is 0.124. The average molecular weight is 298 g/mol. The van der Waals surface area contributed by atoms with Crippen molar-refractivity contribution in [3.8, 4) is 0 Å². The largest absolute Gasteiger partial charge is 0.481 e. The Morgan fingerprint density at radius 3 is 2.57 bits per heavy atom. The van der Waals surface area contributed by atoms with Crippen LogP contribution in [0, 0.1) is 11.8 Å². The van der Waals surface area contributed by atoms with Gasteiger partial charge in [-0.1, -0.05) is 0 Å². The highest BCUT2D eigenvalue weighted by Gasteiger charge is 2.27. The number of likely N-dealkylation sites (tertiary alicyclic amines) is 1. The summed E-state index contributed by atoms with van der Waals surface area (Å²) in [5, 5.41) is 11.7. The minimum absolute atomic E-state index is 0.00536. The number of rotatable bonds is 5. The van der Waals surface area contributed by atoms with Gasteiger partial charge >= 0.3 is 12.0 Å². The Balaban J connectivity index is 1.64. The molecule has 2 amide bonds. The van der Waals surface area contributed by atoms with Crippen molar-refractivity contribution in [2.24, 2.45) is 11.8 Å². The van der Waals surface area contributed by atoms with E-state index in [4.69, 9.17) is 9.84 Å². The molecule has 2 saturated heterocycles. The standard InChI is InChI=1S/C15H26N2O4/c1-11-13(6-9-21-11)10-16-15(20)17-7-4-12(5-8-17)2-3-14(18)19/h11-13H,2-10H2,1H3,(H,16,20)(H,18,19). The van der Waals surface area contributed by atoms with Crippen LogP contribution in [-0.2, 0) is 9.53 Å². The fraction of sp³-hybridized carbons (Fsp3) is 0.867. The lowest BCUT2D eigenvalue weighted by Gasteiger charge is -2.32. The maximum atomic E-state index is 12.1. The van der Waals surface area contributed by atoms with Crippen LogP contribution in [0.3, 0.4) is 0 Å². The van der Waals surface area contributed by atoms with Gasteiger partial charge < -0.3 is 20.1 Å². The summed E-state index contributed by atoms with van der Waals surface area (Å²) in [4.78, 5) is 24.5. The molecule has 2 aliphatic rings. The molecule has 6 nitrogen and oxygen atoms in total. The summed E-state index contributed by atoms with van der Waals surface area (Å²) in [6, 6.07) is 0.00536. The van der Waals surface area contributed by atoms with Gasteiger partial charge in [-0.15, -0.1) is 0 Å². The van der Waals surface area contributed by atoms with E-state index in [2.05, 4.69) is 12.2 Å². The molecule has 0 aromatic heterocycles. The van der Waals surface area contributed by atoms with Crippen molar-refractivity contribution >= 4 is 12.0 Å². The molecular formula is C15H26N2O4. The highest BCUT2D eigenvalue weighted by molar-refractivity contribution is 5.74. The van der Waals surface area contributed by atoms with E-state index in [1.165, 1.54) is 0 Å². The number of nitrogens with one attached hydrogen (secondary N) is 1. The van der Waals surface area contributed by atoms with Gasteiger partial charge in [-0.25, -0.2) is 4.79 Å². The Morgan fingerprint density at radius 1 is 1.29 bits per heavy atom. The number of carbonyl (C=O) groups is 2. The number of nitrogens with zero attached hydrogens (tertiary/aromatic N) is 1. The first-order chi connectivity index (χ1) is 10.1. The number of hydrogen-bond donors (Lipinski definition) is 2. The lowest BCUT2D eigenvalue weighted by atomic mass is 9.92. The fourth-order valence-electron chi connectivity index (χ4n) is 3.13. The molecule has 2 N–H and O–H groups in total. The lowest BCUT2D eigenvalue weighted by Crippen LogP contribution is -2.46. The molecule has 0 aromatic rings. The number of amides is 2. The quantitative estimate of drug-likeness (QED) is 0.809. The fourth-order valence-corrected chi connectivity index (χ4v) is 3.13. The first-order valence-corrected chi connectivity index (χ1v) is 7.92. The summed E-state index contributed by atoms with van der Waals surface area (Å²) in [6.07, 6.45) is 4.01. The highest BCUT2D eigenvalue weighted by atomic mass is 16.5. The third-order valence-electron chi connectivity index (χ3n) is 4.72. The molecule has 0 bridgehead atoms. The van der Waals surface area contributed by atoms with E-state index in [1.54, 1.807) is 0 Å². The molecule has 2 rings (SSSR count). The second-order valence-electron chi connectivity index (χ2n) is 6.17. The predicted octanol–water partition coefficient (Wildman–Crippen LogP) is 1.70. The number of carboxylic acid groups (broad SMARTS) is 1. The Kier molecular flexibility index (Phi) is 5.85. The summed E-state index contributed by atoms with van der Waals surface area (Å²) >= 11 is 0. The highest BCUT2D eigenvalue weighted by Crippen LogP contribution is 2.22. The van der Waals surface area contributed by atoms with E-state index in [0.29, 0.717) is 18.4 Å². The lowest BCUT2D eigenvalue weighted by molar-refractivity contribution is -0.137.